The number of imidazole rings is 1. The molecule has 120 valence electrons. The van der Waals surface area contributed by atoms with E-state index in [9.17, 15) is 5.21 Å². The number of nitrogens with zero attached hydrogens (tertiary/aromatic N) is 5. The Bertz CT molecular complexity index is 1090. The van der Waals surface area contributed by atoms with Crippen molar-refractivity contribution in [2.45, 2.75) is 0 Å². The number of nitrogens with one attached hydrogen (secondary N) is 1. The normalized spacial score (nSPS) is 11.7. The van der Waals surface area contributed by atoms with E-state index in [0.29, 0.717) is 23.0 Å². The van der Waals surface area contributed by atoms with Crippen molar-refractivity contribution < 1.29 is 5.21 Å². The van der Waals surface area contributed by atoms with Gasteiger partial charge in [-0.15, -0.1) is 0 Å². The highest BCUT2D eigenvalue weighted by atomic mass is 16.5. The monoisotopic (exact) mass is 328 g/mol. The first-order valence-electron chi connectivity index (χ1n) is 7.72. The van der Waals surface area contributed by atoms with Crippen LogP contribution in [0.4, 0.5) is 11.5 Å². The van der Waals surface area contributed by atoms with Crippen LogP contribution in [-0.2, 0) is 0 Å². The zero-order valence-electron chi connectivity index (χ0n) is 13.0. The van der Waals surface area contributed by atoms with Crippen molar-refractivity contribution in [1.29, 1.82) is 0 Å². The van der Waals surface area contributed by atoms with E-state index in [1.807, 2.05) is 30.3 Å². The Balaban J connectivity index is 1.87. The van der Waals surface area contributed by atoms with Gasteiger partial charge >= 0.3 is 0 Å². The highest BCUT2D eigenvalue weighted by Gasteiger charge is 2.27. The summed E-state index contributed by atoms with van der Waals surface area (Å²) in [5.41, 5.74) is 4.42. The second kappa shape index (κ2) is 5.13. The Hall–Kier alpha value is -3.74. The largest absolute Gasteiger partial charge is 0.426 e. The smallest absolute Gasteiger partial charge is 0.176 e. The van der Waals surface area contributed by atoms with Crippen LogP contribution in [0.25, 0.3) is 33.9 Å². The molecule has 1 aliphatic heterocycles. The third kappa shape index (κ3) is 1.99. The number of hydrogen-bond donors (Lipinski definition) is 2. The van der Waals surface area contributed by atoms with E-state index >= 15 is 0 Å². The fourth-order valence-corrected chi connectivity index (χ4v) is 3.05. The zero-order chi connectivity index (χ0) is 16.8. The van der Waals surface area contributed by atoms with Gasteiger partial charge in [0.05, 0.1) is 11.9 Å². The minimum Gasteiger partial charge on any atom is -0.426 e. The summed E-state index contributed by atoms with van der Waals surface area (Å²) in [4.78, 5) is 17.3. The van der Waals surface area contributed by atoms with E-state index in [1.165, 1.54) is 0 Å². The average Bonchev–Trinajstić information content (AvgIpc) is 2.93. The first kappa shape index (κ1) is 13.7. The minimum absolute atomic E-state index is 0.451. The number of rotatable bonds is 1. The molecule has 5 heterocycles. The summed E-state index contributed by atoms with van der Waals surface area (Å²) >= 11 is 0. The van der Waals surface area contributed by atoms with E-state index < -0.39 is 0 Å². The summed E-state index contributed by atoms with van der Waals surface area (Å²) in [6.45, 7) is 0. The topological polar surface area (TPSA) is 88.8 Å². The van der Waals surface area contributed by atoms with Gasteiger partial charge in [-0.1, -0.05) is 0 Å². The van der Waals surface area contributed by atoms with Crippen LogP contribution in [0.15, 0.2) is 61.3 Å². The molecule has 0 spiro atoms. The lowest BCUT2D eigenvalue weighted by atomic mass is 10.1. The summed E-state index contributed by atoms with van der Waals surface area (Å²) < 4.78 is 1.12. The van der Waals surface area contributed by atoms with Gasteiger partial charge in [0.1, 0.15) is 17.2 Å². The lowest BCUT2D eigenvalue weighted by Crippen LogP contribution is -1.99. The molecule has 0 radical (unpaired) electrons. The molecule has 0 amide bonds. The molecule has 1 aliphatic rings. The quantitative estimate of drug-likeness (QED) is 0.459. The second-order valence-electron chi connectivity index (χ2n) is 5.63. The lowest BCUT2D eigenvalue weighted by Gasteiger charge is -2.09. The summed E-state index contributed by atoms with van der Waals surface area (Å²) in [6, 6.07) is 9.24. The van der Waals surface area contributed by atoms with Gasteiger partial charge in [0.15, 0.2) is 5.82 Å². The van der Waals surface area contributed by atoms with Crippen molar-refractivity contribution in [3.8, 4) is 33.9 Å². The predicted octanol–water partition coefficient (Wildman–Crippen LogP) is 3.36. The average molecular weight is 328 g/mol. The maximum atomic E-state index is 10.9. The Morgan fingerprint density at radius 3 is 2.64 bits per heavy atom. The van der Waals surface area contributed by atoms with Gasteiger partial charge in [-0.2, -0.15) is 4.73 Å². The molecule has 0 fully saturated rings. The third-order valence-corrected chi connectivity index (χ3v) is 4.19. The standard InChI is InChI=1S/C18H12N6O/c25-24-16-12-5-9-20-10-14(12)22-17-13(2-1-6-21-17)15(16)23-18(24)11-3-7-19-8-4-11/h1-10,25H,(H,21,22). The maximum absolute atomic E-state index is 10.9. The number of hydrogen-bond acceptors (Lipinski definition) is 6. The van der Waals surface area contributed by atoms with Crippen molar-refractivity contribution in [1.82, 2.24) is 24.7 Å². The highest BCUT2D eigenvalue weighted by Crippen LogP contribution is 2.43. The van der Waals surface area contributed by atoms with Crippen molar-refractivity contribution >= 4 is 11.5 Å². The van der Waals surface area contributed by atoms with Crippen LogP contribution < -0.4 is 5.32 Å². The maximum Gasteiger partial charge on any atom is 0.176 e. The predicted molar refractivity (Wildman–Crippen MR) is 92.4 cm³/mol. The van der Waals surface area contributed by atoms with Crippen LogP contribution in [0.3, 0.4) is 0 Å². The molecule has 7 heteroatoms. The molecule has 0 saturated heterocycles. The molecule has 0 aliphatic carbocycles. The van der Waals surface area contributed by atoms with Crippen LogP contribution in [0.5, 0.6) is 0 Å². The summed E-state index contributed by atoms with van der Waals surface area (Å²) in [5.74, 6) is 1.13. The molecule has 0 aromatic carbocycles. The van der Waals surface area contributed by atoms with Crippen LogP contribution in [0, 0.1) is 0 Å². The molecule has 2 N–H and O–H groups in total. The number of pyridine rings is 3. The first-order valence-corrected chi connectivity index (χ1v) is 7.72. The Kier molecular flexibility index (Phi) is 2.81. The molecule has 0 unspecified atom stereocenters. The van der Waals surface area contributed by atoms with Gasteiger partial charge in [0.2, 0.25) is 0 Å². The molecular weight excluding hydrogens is 316 g/mol. The summed E-state index contributed by atoms with van der Waals surface area (Å²) in [6.07, 6.45) is 8.45. The van der Waals surface area contributed by atoms with Gasteiger partial charge in [-0.05, 0) is 30.3 Å². The summed E-state index contributed by atoms with van der Waals surface area (Å²) in [7, 11) is 0. The molecule has 5 rings (SSSR count). The van der Waals surface area contributed by atoms with Gasteiger partial charge in [-0.25, -0.2) is 9.97 Å². The Labute approximate surface area is 142 Å². The third-order valence-electron chi connectivity index (χ3n) is 4.19. The van der Waals surface area contributed by atoms with Crippen LogP contribution in [0.1, 0.15) is 0 Å². The fourth-order valence-electron chi connectivity index (χ4n) is 3.05. The summed E-state index contributed by atoms with van der Waals surface area (Å²) in [5, 5.41) is 14.2. The number of aromatic nitrogens is 5. The minimum atomic E-state index is 0.451. The molecule has 7 nitrogen and oxygen atoms in total. The van der Waals surface area contributed by atoms with E-state index in [4.69, 9.17) is 4.98 Å². The van der Waals surface area contributed by atoms with E-state index in [2.05, 4.69) is 20.3 Å². The van der Waals surface area contributed by atoms with Gasteiger partial charge in [0.25, 0.3) is 0 Å². The molecule has 0 atom stereocenters. The molecule has 4 aromatic rings. The van der Waals surface area contributed by atoms with Crippen LogP contribution in [-0.4, -0.2) is 29.9 Å². The van der Waals surface area contributed by atoms with Gasteiger partial charge < -0.3 is 10.5 Å². The molecule has 0 saturated carbocycles. The van der Waals surface area contributed by atoms with Crippen molar-refractivity contribution in [2.24, 2.45) is 0 Å². The van der Waals surface area contributed by atoms with Crippen LogP contribution in [0.2, 0.25) is 0 Å². The number of anilines is 2. The van der Waals surface area contributed by atoms with E-state index in [0.717, 1.165) is 27.1 Å². The number of fused-ring (bicyclic) bond motifs is 5. The van der Waals surface area contributed by atoms with Gasteiger partial charge in [0, 0.05) is 41.5 Å². The second-order valence-corrected chi connectivity index (χ2v) is 5.63. The molecule has 4 aromatic heterocycles. The van der Waals surface area contributed by atoms with Crippen molar-refractivity contribution in [3.63, 3.8) is 0 Å². The Morgan fingerprint density at radius 2 is 1.76 bits per heavy atom. The molecular formula is C18H12N6O. The van der Waals surface area contributed by atoms with Crippen molar-refractivity contribution in [2.75, 3.05) is 5.32 Å². The molecule has 0 bridgehead atoms. The lowest BCUT2D eigenvalue weighted by molar-refractivity contribution is 0.195. The Morgan fingerprint density at radius 1 is 0.920 bits per heavy atom. The van der Waals surface area contributed by atoms with Gasteiger partial charge in [-0.3, -0.25) is 9.97 Å². The first-order chi connectivity index (χ1) is 12.3. The fraction of sp³-hybridized carbons (Fsp3) is 0. The van der Waals surface area contributed by atoms with Crippen LogP contribution >= 0.6 is 0 Å². The zero-order valence-corrected chi connectivity index (χ0v) is 13.0. The van der Waals surface area contributed by atoms with E-state index in [-0.39, 0.29) is 0 Å². The van der Waals surface area contributed by atoms with Crippen molar-refractivity contribution in [3.05, 3.63) is 61.3 Å². The highest BCUT2D eigenvalue weighted by molar-refractivity contribution is 5.95. The molecule has 25 heavy (non-hydrogen) atoms. The van der Waals surface area contributed by atoms with E-state index in [1.54, 1.807) is 31.0 Å². The SMILES string of the molecule is On1c(-c2ccncc2)nc2c1-c1ccncc1Nc1ncccc1-2.